The van der Waals surface area contributed by atoms with E-state index < -0.39 is 0 Å². The maximum absolute atomic E-state index is 13.3. The molecular weight excluding hydrogens is 698 g/mol. The summed E-state index contributed by atoms with van der Waals surface area (Å²) in [6, 6.07) is 39.3. The van der Waals surface area contributed by atoms with E-state index in [0.717, 1.165) is 28.2 Å². The summed E-state index contributed by atoms with van der Waals surface area (Å²) in [5, 5.41) is 0. The van der Waals surface area contributed by atoms with Gasteiger partial charge in [0.25, 0.3) is 0 Å². The van der Waals surface area contributed by atoms with E-state index in [1.807, 2.05) is 61.7 Å². The fourth-order valence-electron chi connectivity index (χ4n) is 5.51. The molecular formula is C37H28FIrN3-2. The maximum atomic E-state index is 13.3. The Balaban J connectivity index is 0.000000164. The van der Waals surface area contributed by atoms with Crippen molar-refractivity contribution in [3.8, 4) is 44.9 Å². The summed E-state index contributed by atoms with van der Waals surface area (Å²) in [5.74, 6) is -0.292. The summed E-state index contributed by atoms with van der Waals surface area (Å²) in [7, 11) is 0. The van der Waals surface area contributed by atoms with Gasteiger partial charge in [-0.1, -0.05) is 67.9 Å². The predicted octanol–water partition coefficient (Wildman–Crippen LogP) is 8.91. The van der Waals surface area contributed by atoms with Gasteiger partial charge in [0.1, 0.15) is 0 Å². The second-order valence-corrected chi connectivity index (χ2v) is 10.5. The Morgan fingerprint density at radius 1 is 0.690 bits per heavy atom. The number of halogens is 1. The van der Waals surface area contributed by atoms with Crippen molar-refractivity contribution >= 4 is 0 Å². The minimum Gasteiger partial charge on any atom is -0.305 e. The number of fused-ring (bicyclic) bond motifs is 3. The van der Waals surface area contributed by atoms with Gasteiger partial charge in [-0.25, -0.2) is 4.39 Å². The van der Waals surface area contributed by atoms with Gasteiger partial charge < -0.3 is 9.97 Å². The van der Waals surface area contributed by atoms with Crippen molar-refractivity contribution in [1.82, 2.24) is 15.0 Å². The van der Waals surface area contributed by atoms with Crippen LogP contribution in [-0.2, 0) is 25.5 Å². The van der Waals surface area contributed by atoms with Gasteiger partial charge >= 0.3 is 0 Å². The smallest absolute Gasteiger partial charge is 0.0698 e. The third-order valence-electron chi connectivity index (χ3n) is 7.42. The molecule has 0 N–H and O–H groups in total. The SMILES string of the molecule is CC1(C)c2ccccc2-c2cc[c-]c(-c3ccccn3)c21.Cc1cccc(-c2ccnc(-c3[c-]ccc(F)c3)c2)n1.[Ir]. The van der Waals surface area contributed by atoms with E-state index in [-0.39, 0.29) is 31.3 Å². The zero-order chi connectivity index (χ0) is 28.4. The number of hydrogen-bond acceptors (Lipinski definition) is 3. The number of pyridine rings is 3. The Morgan fingerprint density at radius 3 is 2.24 bits per heavy atom. The number of aryl methyl sites for hydroxylation is 1. The van der Waals surface area contributed by atoms with Crippen LogP contribution in [0.1, 0.15) is 30.7 Å². The van der Waals surface area contributed by atoms with Gasteiger partial charge in [-0.15, -0.1) is 59.2 Å². The van der Waals surface area contributed by atoms with Crippen molar-refractivity contribution in [3.63, 3.8) is 0 Å². The van der Waals surface area contributed by atoms with Crippen molar-refractivity contribution in [1.29, 1.82) is 0 Å². The normalized spacial score (nSPS) is 12.3. The van der Waals surface area contributed by atoms with Crippen molar-refractivity contribution < 1.29 is 24.5 Å². The molecule has 3 aromatic heterocycles. The molecule has 1 aliphatic carbocycles. The minimum absolute atomic E-state index is 0. The molecule has 1 radical (unpaired) electrons. The van der Waals surface area contributed by atoms with E-state index in [1.165, 1.54) is 34.4 Å². The summed E-state index contributed by atoms with van der Waals surface area (Å²) >= 11 is 0. The Labute approximate surface area is 259 Å². The van der Waals surface area contributed by atoms with Crippen LogP contribution in [0, 0.1) is 24.9 Å². The van der Waals surface area contributed by atoms with Gasteiger partial charge in [-0.2, -0.15) is 0 Å². The van der Waals surface area contributed by atoms with Gasteiger partial charge in [0.2, 0.25) is 0 Å². The molecule has 3 heterocycles. The first-order valence-corrected chi connectivity index (χ1v) is 13.6. The van der Waals surface area contributed by atoms with Crippen LogP contribution in [0.25, 0.3) is 44.9 Å². The van der Waals surface area contributed by atoms with Gasteiger partial charge in [-0.05, 0) is 64.7 Å². The molecule has 209 valence electrons. The minimum atomic E-state index is -0.292. The first-order valence-electron chi connectivity index (χ1n) is 13.6. The molecule has 0 fully saturated rings. The molecule has 5 heteroatoms. The van der Waals surface area contributed by atoms with E-state index in [0.29, 0.717) is 11.3 Å². The van der Waals surface area contributed by atoms with Crippen LogP contribution in [0.2, 0.25) is 0 Å². The van der Waals surface area contributed by atoms with Crippen molar-refractivity contribution in [2.24, 2.45) is 0 Å². The number of hydrogen-bond donors (Lipinski definition) is 0. The Kier molecular flexibility index (Phi) is 8.53. The first-order chi connectivity index (χ1) is 19.9. The van der Waals surface area contributed by atoms with Gasteiger partial charge in [0.05, 0.1) is 5.69 Å². The van der Waals surface area contributed by atoms with Crippen LogP contribution in [0.4, 0.5) is 4.39 Å². The van der Waals surface area contributed by atoms with Crippen molar-refractivity contribution in [2.45, 2.75) is 26.2 Å². The molecule has 7 rings (SSSR count). The summed E-state index contributed by atoms with van der Waals surface area (Å²) in [6.45, 7) is 6.53. The van der Waals surface area contributed by atoms with Crippen LogP contribution in [0.3, 0.4) is 0 Å². The van der Waals surface area contributed by atoms with Crippen molar-refractivity contribution in [2.75, 3.05) is 0 Å². The Hall–Kier alpha value is -4.31. The number of rotatable bonds is 3. The van der Waals surface area contributed by atoms with E-state index >= 15 is 0 Å². The molecule has 0 bridgehead atoms. The molecule has 0 amide bonds. The summed E-state index contributed by atoms with van der Waals surface area (Å²) in [5.41, 5.74) is 11.6. The largest absolute Gasteiger partial charge is 0.305 e. The molecule has 0 saturated carbocycles. The fourth-order valence-corrected chi connectivity index (χ4v) is 5.51. The molecule has 3 aromatic carbocycles. The number of aromatic nitrogens is 3. The zero-order valence-electron chi connectivity index (χ0n) is 23.5. The van der Waals surface area contributed by atoms with Crippen LogP contribution in [0.5, 0.6) is 0 Å². The second kappa shape index (κ2) is 12.3. The van der Waals surface area contributed by atoms with Gasteiger partial charge in [0.15, 0.2) is 0 Å². The summed E-state index contributed by atoms with van der Waals surface area (Å²) in [4.78, 5) is 13.3. The topological polar surface area (TPSA) is 38.7 Å². The standard InChI is InChI=1S/C20H16N.C17H12FN2.Ir/c1-20(2)17-11-4-3-8-14(17)15-9-7-10-16(19(15)20)18-12-5-6-13-21-18;1-12-4-2-7-16(20-12)14-8-9-19-17(11-14)13-5-3-6-15(18)10-13;/h3-9,11-13H,1-2H3;2-4,6-11H,1H3;/q2*-1;. The first kappa shape index (κ1) is 29.2. The molecule has 0 aliphatic heterocycles. The molecule has 0 saturated heterocycles. The third kappa shape index (κ3) is 5.71. The van der Waals surface area contributed by atoms with Crippen LogP contribution in [0.15, 0.2) is 116 Å². The molecule has 3 nitrogen and oxygen atoms in total. The van der Waals surface area contributed by atoms with Crippen molar-refractivity contribution in [3.05, 3.63) is 150 Å². The van der Waals surface area contributed by atoms with Crippen LogP contribution in [-0.4, -0.2) is 15.0 Å². The maximum Gasteiger partial charge on any atom is 0.0698 e. The van der Waals surface area contributed by atoms with E-state index in [2.05, 4.69) is 77.3 Å². The second-order valence-electron chi connectivity index (χ2n) is 10.5. The molecule has 6 aromatic rings. The van der Waals surface area contributed by atoms with E-state index in [1.54, 1.807) is 12.3 Å². The monoisotopic (exact) mass is 726 g/mol. The summed E-state index contributed by atoms with van der Waals surface area (Å²) < 4.78 is 13.3. The van der Waals surface area contributed by atoms with Gasteiger partial charge in [-0.3, -0.25) is 4.98 Å². The quantitative estimate of drug-likeness (QED) is 0.171. The van der Waals surface area contributed by atoms with Crippen LogP contribution >= 0.6 is 0 Å². The van der Waals surface area contributed by atoms with Gasteiger partial charge in [0, 0.05) is 44.0 Å². The predicted molar refractivity (Wildman–Crippen MR) is 163 cm³/mol. The number of benzene rings is 3. The molecule has 0 unspecified atom stereocenters. The third-order valence-corrected chi connectivity index (χ3v) is 7.42. The average Bonchev–Trinajstić information content (AvgIpc) is 3.25. The molecule has 0 atom stereocenters. The Bertz CT molecular complexity index is 1790. The van der Waals surface area contributed by atoms with E-state index in [4.69, 9.17) is 0 Å². The van der Waals surface area contributed by atoms with E-state index in [9.17, 15) is 4.39 Å². The average molecular weight is 726 g/mol. The molecule has 42 heavy (non-hydrogen) atoms. The Morgan fingerprint density at radius 2 is 1.45 bits per heavy atom. The number of nitrogens with zero attached hydrogens (tertiary/aromatic N) is 3. The zero-order valence-corrected chi connectivity index (χ0v) is 25.9. The molecule has 1 aliphatic rings. The van der Waals surface area contributed by atoms with Crippen LogP contribution < -0.4 is 0 Å². The fraction of sp³-hybridized carbons (Fsp3) is 0.108. The molecule has 0 spiro atoms. The summed E-state index contributed by atoms with van der Waals surface area (Å²) in [6.07, 6.45) is 3.55.